The first kappa shape index (κ1) is 24.9. The van der Waals surface area contributed by atoms with Crippen LogP contribution in [0.4, 0.5) is 0 Å². The van der Waals surface area contributed by atoms with E-state index in [1.807, 2.05) is 52.3 Å². The van der Waals surface area contributed by atoms with Crippen LogP contribution < -0.4 is 4.74 Å². The van der Waals surface area contributed by atoms with Gasteiger partial charge in [-0.25, -0.2) is 0 Å². The van der Waals surface area contributed by atoms with Crippen LogP contribution in [0.25, 0.3) is 10.9 Å². The number of para-hydroxylation sites is 1. The van der Waals surface area contributed by atoms with Gasteiger partial charge in [0.05, 0.1) is 13.2 Å². The van der Waals surface area contributed by atoms with Gasteiger partial charge in [-0.1, -0.05) is 60.7 Å². The molecule has 0 radical (unpaired) electrons. The number of carbonyl (C=O) groups is 2. The number of methoxy groups -OCH3 is 1. The number of amides is 2. The van der Waals surface area contributed by atoms with E-state index in [2.05, 4.69) is 46.3 Å². The first-order valence-corrected chi connectivity index (χ1v) is 14.2. The first-order chi connectivity index (χ1) is 19.6. The Labute approximate surface area is 234 Å². The van der Waals surface area contributed by atoms with E-state index >= 15 is 0 Å². The Hall–Kier alpha value is -4.10. The summed E-state index contributed by atoms with van der Waals surface area (Å²) in [5.41, 5.74) is 5.46. The highest BCUT2D eigenvalue weighted by Crippen LogP contribution is 2.43. The van der Waals surface area contributed by atoms with Gasteiger partial charge in [-0.05, 0) is 47.7 Å². The fourth-order valence-corrected chi connectivity index (χ4v) is 6.96. The Morgan fingerprint density at radius 3 is 2.38 bits per heavy atom. The van der Waals surface area contributed by atoms with Gasteiger partial charge >= 0.3 is 0 Å². The standard InChI is InChI=1S/C33H34N4O3/c1-40-25-13-11-23(12-14-25)32-31-27(26-9-5-6-10-28(26)34-31)19-29-33(39)36(21-30(38)37(29)32)24-15-17-35(18-16-24)20-22-7-3-2-4-8-22/h2-14,24,29,32,34H,15-21H2,1H3/t29-,32?/m1/s1. The van der Waals surface area contributed by atoms with Crippen molar-refractivity contribution in [2.24, 2.45) is 0 Å². The van der Waals surface area contributed by atoms with Crippen LogP contribution in [0, 0.1) is 0 Å². The van der Waals surface area contributed by atoms with Crippen LogP contribution in [-0.2, 0) is 22.6 Å². The number of H-pyrrole nitrogens is 1. The van der Waals surface area contributed by atoms with Gasteiger partial charge in [0.2, 0.25) is 11.8 Å². The molecule has 0 spiro atoms. The molecule has 0 saturated carbocycles. The van der Waals surface area contributed by atoms with Crippen molar-refractivity contribution in [2.75, 3.05) is 26.7 Å². The Morgan fingerprint density at radius 2 is 1.62 bits per heavy atom. The smallest absolute Gasteiger partial charge is 0.246 e. The number of nitrogens with one attached hydrogen (secondary N) is 1. The van der Waals surface area contributed by atoms with Crippen molar-refractivity contribution < 1.29 is 14.3 Å². The topological polar surface area (TPSA) is 68.9 Å². The lowest BCUT2D eigenvalue weighted by Gasteiger charge is -2.49. The van der Waals surface area contributed by atoms with Crippen molar-refractivity contribution in [3.63, 3.8) is 0 Å². The Kier molecular flexibility index (Phi) is 6.31. The average Bonchev–Trinajstić information content (AvgIpc) is 3.37. The lowest BCUT2D eigenvalue weighted by molar-refractivity contribution is -0.161. The quantitative estimate of drug-likeness (QED) is 0.409. The van der Waals surface area contributed by atoms with Gasteiger partial charge < -0.3 is 19.5 Å². The van der Waals surface area contributed by atoms with E-state index in [-0.39, 0.29) is 30.4 Å². The van der Waals surface area contributed by atoms with Crippen molar-refractivity contribution in [3.05, 3.63) is 101 Å². The summed E-state index contributed by atoms with van der Waals surface area (Å²) in [5.74, 6) is 0.857. The van der Waals surface area contributed by atoms with Crippen LogP contribution >= 0.6 is 0 Å². The van der Waals surface area contributed by atoms with Gasteiger partial charge in [0, 0.05) is 48.7 Å². The molecule has 0 aliphatic carbocycles. The molecule has 3 aliphatic heterocycles. The van der Waals surface area contributed by atoms with E-state index in [0.29, 0.717) is 6.42 Å². The molecule has 4 aromatic rings. The highest BCUT2D eigenvalue weighted by molar-refractivity contribution is 5.97. The fourth-order valence-electron chi connectivity index (χ4n) is 6.96. The van der Waals surface area contributed by atoms with Gasteiger partial charge in [-0.15, -0.1) is 0 Å². The van der Waals surface area contributed by atoms with Crippen molar-refractivity contribution in [2.45, 2.75) is 43.9 Å². The number of aromatic amines is 1. The third kappa shape index (κ3) is 4.25. The molecule has 2 fully saturated rings. The molecule has 2 saturated heterocycles. The average molecular weight is 535 g/mol. The molecule has 3 aromatic carbocycles. The number of carbonyl (C=O) groups excluding carboxylic acids is 2. The largest absolute Gasteiger partial charge is 0.497 e. The summed E-state index contributed by atoms with van der Waals surface area (Å²) >= 11 is 0. The number of ether oxygens (including phenoxy) is 1. The van der Waals surface area contributed by atoms with Gasteiger partial charge in [0.1, 0.15) is 18.3 Å². The van der Waals surface area contributed by atoms with Crippen LogP contribution in [0.2, 0.25) is 0 Å². The number of hydrogen-bond acceptors (Lipinski definition) is 4. The number of rotatable bonds is 5. The summed E-state index contributed by atoms with van der Waals surface area (Å²) < 4.78 is 5.39. The second-order valence-corrected chi connectivity index (χ2v) is 11.2. The molecule has 7 rings (SSSR count). The summed E-state index contributed by atoms with van der Waals surface area (Å²) in [6, 6.07) is 25.8. The second-order valence-electron chi connectivity index (χ2n) is 11.2. The van der Waals surface area contributed by atoms with E-state index in [9.17, 15) is 9.59 Å². The van der Waals surface area contributed by atoms with E-state index in [1.54, 1.807) is 7.11 Å². The number of fused-ring (bicyclic) bond motifs is 4. The predicted octanol–water partition coefficient (Wildman–Crippen LogP) is 4.53. The molecule has 204 valence electrons. The van der Waals surface area contributed by atoms with Crippen LogP contribution in [0.3, 0.4) is 0 Å². The maximum atomic E-state index is 14.2. The molecular weight excluding hydrogens is 500 g/mol. The van der Waals surface area contributed by atoms with E-state index < -0.39 is 6.04 Å². The Morgan fingerprint density at radius 1 is 0.900 bits per heavy atom. The molecule has 2 amide bonds. The second kappa shape index (κ2) is 10.1. The summed E-state index contributed by atoms with van der Waals surface area (Å²) in [6.07, 6.45) is 2.30. The molecular formula is C33H34N4O3. The van der Waals surface area contributed by atoms with E-state index in [4.69, 9.17) is 4.74 Å². The maximum absolute atomic E-state index is 14.2. The third-order valence-electron chi connectivity index (χ3n) is 8.97. The van der Waals surface area contributed by atoms with Gasteiger partial charge in [-0.2, -0.15) is 0 Å². The number of piperidine rings is 1. The van der Waals surface area contributed by atoms with Crippen molar-refractivity contribution in [3.8, 4) is 5.75 Å². The summed E-state index contributed by atoms with van der Waals surface area (Å²) in [5, 5.41) is 1.13. The van der Waals surface area contributed by atoms with Gasteiger partial charge in [-0.3, -0.25) is 14.5 Å². The van der Waals surface area contributed by atoms with Crippen molar-refractivity contribution in [1.29, 1.82) is 0 Å². The number of likely N-dealkylation sites (tertiary alicyclic amines) is 1. The number of benzene rings is 3. The van der Waals surface area contributed by atoms with Crippen LogP contribution in [0.1, 0.15) is 41.3 Å². The number of nitrogens with zero attached hydrogens (tertiary/aromatic N) is 3. The zero-order valence-electron chi connectivity index (χ0n) is 22.8. The third-order valence-corrected chi connectivity index (χ3v) is 8.97. The zero-order valence-corrected chi connectivity index (χ0v) is 22.8. The van der Waals surface area contributed by atoms with Crippen molar-refractivity contribution >= 4 is 22.7 Å². The van der Waals surface area contributed by atoms with Gasteiger partial charge in [0.15, 0.2) is 0 Å². The van der Waals surface area contributed by atoms with E-state index in [1.165, 1.54) is 5.56 Å². The Balaban J connectivity index is 1.18. The summed E-state index contributed by atoms with van der Waals surface area (Å²) in [4.78, 5) is 38.0. The number of hydrogen-bond donors (Lipinski definition) is 1. The molecule has 2 atom stereocenters. The highest BCUT2D eigenvalue weighted by atomic mass is 16.5. The van der Waals surface area contributed by atoms with Crippen LogP contribution in [0.15, 0.2) is 78.9 Å². The lowest BCUT2D eigenvalue weighted by atomic mass is 9.85. The number of aromatic nitrogens is 1. The van der Waals surface area contributed by atoms with Crippen LogP contribution in [0.5, 0.6) is 5.75 Å². The Bertz CT molecular complexity index is 1540. The van der Waals surface area contributed by atoms with Crippen molar-refractivity contribution in [1.82, 2.24) is 19.7 Å². The minimum Gasteiger partial charge on any atom is -0.497 e. The fraction of sp³-hybridized carbons (Fsp3) is 0.333. The molecule has 40 heavy (non-hydrogen) atoms. The minimum absolute atomic E-state index is 0.0152. The molecule has 7 nitrogen and oxygen atoms in total. The summed E-state index contributed by atoms with van der Waals surface area (Å²) in [6.45, 7) is 2.91. The minimum atomic E-state index is -0.512. The highest BCUT2D eigenvalue weighted by Gasteiger charge is 2.49. The SMILES string of the molecule is COc1ccc(C2c3[nH]c4ccccc4c3C[C@@H]3C(=O)N(C4CCN(Cc5ccccc5)CC4)CC(=O)N23)cc1. The van der Waals surface area contributed by atoms with E-state index in [0.717, 1.165) is 65.9 Å². The first-order valence-electron chi connectivity index (χ1n) is 14.2. The molecule has 0 bridgehead atoms. The maximum Gasteiger partial charge on any atom is 0.246 e. The lowest BCUT2D eigenvalue weighted by Crippen LogP contribution is -2.65. The molecule has 3 aliphatic rings. The monoisotopic (exact) mass is 534 g/mol. The zero-order chi connectivity index (χ0) is 27.2. The molecule has 1 unspecified atom stereocenters. The van der Waals surface area contributed by atoms with Crippen LogP contribution in [-0.4, -0.2) is 70.3 Å². The molecule has 1 N–H and O–H groups in total. The molecule has 4 heterocycles. The normalized spacial score (nSPS) is 21.9. The van der Waals surface area contributed by atoms with Gasteiger partial charge in [0.25, 0.3) is 0 Å². The molecule has 7 heteroatoms. The number of piperazine rings is 1. The summed E-state index contributed by atoms with van der Waals surface area (Å²) in [7, 11) is 1.65. The molecule has 1 aromatic heterocycles. The predicted molar refractivity (Wildman–Crippen MR) is 154 cm³/mol.